The molecule has 1 aliphatic carbocycles. The number of fused-ring (bicyclic) bond motifs is 1. The second-order valence-corrected chi connectivity index (χ2v) is 11.0. The normalized spacial score (nSPS) is 29.9. The number of anilines is 1. The Balaban J connectivity index is 1.33. The van der Waals surface area contributed by atoms with Gasteiger partial charge >= 0.3 is 0 Å². The molecule has 3 heterocycles. The minimum Gasteiger partial charge on any atom is -0.359 e. The lowest BCUT2D eigenvalue weighted by Gasteiger charge is -2.34. The summed E-state index contributed by atoms with van der Waals surface area (Å²) in [5, 5.41) is 6.08. The summed E-state index contributed by atoms with van der Waals surface area (Å²) in [6.07, 6.45) is 7.95. The highest BCUT2D eigenvalue weighted by Crippen LogP contribution is 2.55. The van der Waals surface area contributed by atoms with Gasteiger partial charge in [0.2, 0.25) is 17.7 Å². The van der Waals surface area contributed by atoms with Gasteiger partial charge in [-0.2, -0.15) is 0 Å². The Hall–Kier alpha value is -3.52. The van der Waals surface area contributed by atoms with Gasteiger partial charge in [-0.15, -0.1) is 0 Å². The standard InChI is InChI=1S/C30H32FN3O4/c1-18-11-13-21(14-12-18)32-27(35)24-23-15-16-30(38-23)25(24)29(37)34(17-19-7-5-6-10-22(19)31)26(30)28(36)33-20-8-3-2-4-9-20/h5-7,10-16,20,23-26H,2-4,8-9,17H2,1H3,(H,32,35)(H,33,36)/t23-,24-,25-,26+,30-/m1/s1. The van der Waals surface area contributed by atoms with E-state index in [4.69, 9.17) is 4.74 Å². The van der Waals surface area contributed by atoms with Crippen LogP contribution in [0.2, 0.25) is 0 Å². The third kappa shape index (κ3) is 4.11. The molecule has 3 amide bonds. The Morgan fingerprint density at radius 3 is 2.53 bits per heavy atom. The summed E-state index contributed by atoms with van der Waals surface area (Å²) in [7, 11) is 0. The molecule has 5 atom stereocenters. The van der Waals surface area contributed by atoms with E-state index in [0.717, 1.165) is 37.7 Å². The summed E-state index contributed by atoms with van der Waals surface area (Å²) < 4.78 is 21.1. The lowest BCUT2D eigenvalue weighted by Crippen LogP contribution is -2.56. The van der Waals surface area contributed by atoms with Crippen molar-refractivity contribution in [2.45, 2.75) is 69.4 Å². The summed E-state index contributed by atoms with van der Waals surface area (Å²) in [5.74, 6) is -3.14. The van der Waals surface area contributed by atoms with Crippen molar-refractivity contribution in [2.75, 3.05) is 5.32 Å². The molecule has 2 bridgehead atoms. The molecule has 3 fully saturated rings. The Labute approximate surface area is 221 Å². The number of benzene rings is 2. The topological polar surface area (TPSA) is 87.7 Å². The molecule has 8 heteroatoms. The maximum absolute atomic E-state index is 14.7. The average Bonchev–Trinajstić information content (AvgIpc) is 3.55. The van der Waals surface area contributed by atoms with E-state index in [1.54, 1.807) is 30.4 Å². The fraction of sp³-hybridized carbons (Fsp3) is 0.433. The smallest absolute Gasteiger partial charge is 0.246 e. The van der Waals surface area contributed by atoms with Crippen LogP contribution in [0.5, 0.6) is 0 Å². The SMILES string of the molecule is Cc1ccc(NC(=O)[C@@H]2[C@H]3C=C[C@]4(O3)[C@H](C(=O)NC3CCCCC3)N(Cc3ccccc3F)C(=O)[C@@H]24)cc1. The molecule has 1 spiro atoms. The van der Waals surface area contributed by atoms with E-state index < -0.39 is 35.4 Å². The van der Waals surface area contributed by atoms with Crippen molar-refractivity contribution in [3.63, 3.8) is 0 Å². The monoisotopic (exact) mass is 517 g/mol. The highest BCUT2D eigenvalue weighted by molar-refractivity contribution is 6.02. The van der Waals surface area contributed by atoms with Crippen LogP contribution in [0.15, 0.2) is 60.7 Å². The van der Waals surface area contributed by atoms with Gasteiger partial charge in [-0.05, 0) is 38.0 Å². The number of halogens is 1. The molecule has 198 valence electrons. The van der Waals surface area contributed by atoms with Crippen LogP contribution in [0.1, 0.15) is 43.2 Å². The Morgan fingerprint density at radius 1 is 1.05 bits per heavy atom. The molecule has 3 aliphatic heterocycles. The second kappa shape index (κ2) is 9.66. The Bertz CT molecular complexity index is 1290. The summed E-state index contributed by atoms with van der Waals surface area (Å²) in [6, 6.07) is 12.7. The van der Waals surface area contributed by atoms with Crippen molar-refractivity contribution in [2.24, 2.45) is 11.8 Å². The van der Waals surface area contributed by atoms with Gasteiger partial charge in [-0.25, -0.2) is 4.39 Å². The number of aryl methyl sites for hydroxylation is 1. The maximum atomic E-state index is 14.7. The van der Waals surface area contributed by atoms with Gasteiger partial charge in [0, 0.05) is 23.8 Å². The number of carbonyl (C=O) groups is 3. The number of likely N-dealkylation sites (tertiary alicyclic amines) is 1. The zero-order chi connectivity index (χ0) is 26.4. The molecular formula is C30H32FN3O4. The number of nitrogens with zero attached hydrogens (tertiary/aromatic N) is 1. The third-order valence-corrected chi connectivity index (χ3v) is 8.49. The van der Waals surface area contributed by atoms with Crippen LogP contribution in [0.25, 0.3) is 0 Å². The lowest BCUT2D eigenvalue weighted by molar-refractivity contribution is -0.142. The zero-order valence-electron chi connectivity index (χ0n) is 21.4. The van der Waals surface area contributed by atoms with Gasteiger partial charge in [0.05, 0.1) is 17.9 Å². The fourth-order valence-electron chi connectivity index (χ4n) is 6.64. The van der Waals surface area contributed by atoms with E-state index in [9.17, 15) is 18.8 Å². The van der Waals surface area contributed by atoms with Gasteiger partial charge in [0.15, 0.2) is 0 Å². The van der Waals surface area contributed by atoms with Crippen molar-refractivity contribution in [3.8, 4) is 0 Å². The van der Waals surface area contributed by atoms with Gasteiger partial charge in [0.1, 0.15) is 17.5 Å². The van der Waals surface area contributed by atoms with Crippen molar-refractivity contribution in [1.82, 2.24) is 10.2 Å². The molecule has 0 aromatic heterocycles. The third-order valence-electron chi connectivity index (χ3n) is 8.49. The fourth-order valence-corrected chi connectivity index (χ4v) is 6.64. The van der Waals surface area contributed by atoms with Crippen LogP contribution < -0.4 is 10.6 Å². The lowest BCUT2D eigenvalue weighted by atomic mass is 9.74. The van der Waals surface area contributed by atoms with Crippen LogP contribution in [-0.4, -0.2) is 46.4 Å². The molecule has 0 radical (unpaired) electrons. The first kappa shape index (κ1) is 24.8. The number of hydrogen-bond donors (Lipinski definition) is 2. The van der Waals surface area contributed by atoms with E-state index in [1.165, 1.54) is 11.0 Å². The largest absolute Gasteiger partial charge is 0.359 e. The average molecular weight is 518 g/mol. The van der Waals surface area contributed by atoms with Crippen LogP contribution >= 0.6 is 0 Å². The molecule has 4 aliphatic rings. The summed E-state index contributed by atoms with van der Waals surface area (Å²) >= 11 is 0. The number of ether oxygens (including phenoxy) is 1. The van der Waals surface area contributed by atoms with E-state index >= 15 is 0 Å². The Morgan fingerprint density at radius 2 is 1.79 bits per heavy atom. The van der Waals surface area contributed by atoms with Crippen molar-refractivity contribution >= 4 is 23.4 Å². The molecule has 0 unspecified atom stereocenters. The van der Waals surface area contributed by atoms with Crippen LogP contribution in [0, 0.1) is 24.6 Å². The van der Waals surface area contributed by atoms with Crippen molar-refractivity contribution < 1.29 is 23.5 Å². The number of hydrogen-bond acceptors (Lipinski definition) is 4. The van der Waals surface area contributed by atoms with Crippen LogP contribution in [-0.2, 0) is 25.7 Å². The number of rotatable bonds is 6. The molecular weight excluding hydrogens is 485 g/mol. The molecule has 2 aromatic rings. The minimum absolute atomic E-state index is 0.0281. The summed E-state index contributed by atoms with van der Waals surface area (Å²) in [5.41, 5.74) is 0.726. The molecule has 2 aromatic carbocycles. The number of amides is 3. The van der Waals surface area contributed by atoms with Crippen molar-refractivity contribution in [3.05, 3.63) is 77.6 Å². The minimum atomic E-state index is -1.28. The summed E-state index contributed by atoms with van der Waals surface area (Å²) in [6.45, 7) is 1.88. The van der Waals surface area contributed by atoms with Gasteiger partial charge < -0.3 is 20.3 Å². The first-order chi connectivity index (χ1) is 18.4. The van der Waals surface area contributed by atoms with Crippen molar-refractivity contribution in [1.29, 1.82) is 0 Å². The highest BCUT2D eigenvalue weighted by atomic mass is 19.1. The Kier molecular flexibility index (Phi) is 6.30. The molecule has 2 saturated heterocycles. The van der Waals surface area contributed by atoms with E-state index in [-0.39, 0.29) is 30.3 Å². The number of nitrogens with one attached hydrogen (secondary N) is 2. The predicted molar refractivity (Wildman–Crippen MR) is 139 cm³/mol. The zero-order valence-corrected chi connectivity index (χ0v) is 21.4. The van der Waals surface area contributed by atoms with Gasteiger partial charge in [0.25, 0.3) is 0 Å². The van der Waals surface area contributed by atoms with Crippen LogP contribution in [0.4, 0.5) is 10.1 Å². The highest BCUT2D eigenvalue weighted by Gasteiger charge is 2.72. The van der Waals surface area contributed by atoms with E-state index in [0.29, 0.717) is 11.3 Å². The van der Waals surface area contributed by atoms with Gasteiger partial charge in [-0.3, -0.25) is 14.4 Å². The quantitative estimate of drug-likeness (QED) is 0.570. The molecule has 7 nitrogen and oxygen atoms in total. The van der Waals surface area contributed by atoms with E-state index in [1.807, 2.05) is 31.2 Å². The van der Waals surface area contributed by atoms with Gasteiger partial charge in [-0.1, -0.05) is 67.3 Å². The first-order valence-corrected chi connectivity index (χ1v) is 13.5. The first-order valence-electron chi connectivity index (χ1n) is 13.5. The van der Waals surface area contributed by atoms with E-state index in [2.05, 4.69) is 10.6 Å². The molecule has 38 heavy (non-hydrogen) atoms. The number of carbonyl (C=O) groups excluding carboxylic acids is 3. The second-order valence-electron chi connectivity index (χ2n) is 11.0. The maximum Gasteiger partial charge on any atom is 0.246 e. The molecule has 1 saturated carbocycles. The summed E-state index contributed by atoms with van der Waals surface area (Å²) in [4.78, 5) is 42.8. The van der Waals surface area contributed by atoms with Crippen LogP contribution in [0.3, 0.4) is 0 Å². The molecule has 6 rings (SSSR count). The molecule has 2 N–H and O–H groups in total. The predicted octanol–water partition coefficient (Wildman–Crippen LogP) is 3.87.